The Balaban J connectivity index is 1.97. The summed E-state index contributed by atoms with van der Waals surface area (Å²) in [6.45, 7) is 6.20. The largest absolute Gasteiger partial charge is 0.462 e. The van der Waals surface area contributed by atoms with Gasteiger partial charge in [0.2, 0.25) is 0 Å². The molecule has 0 saturated heterocycles. The highest BCUT2D eigenvalue weighted by Gasteiger charge is 2.18. The molecule has 0 spiro atoms. The maximum absolute atomic E-state index is 12.6. The Kier molecular flexibility index (Phi) is 4.70. The number of fused-ring (bicyclic) bond motifs is 2. The van der Waals surface area contributed by atoms with Gasteiger partial charge in [0, 0.05) is 22.7 Å². The second-order valence-electron chi connectivity index (χ2n) is 6.90. The summed E-state index contributed by atoms with van der Waals surface area (Å²) in [7, 11) is 0. The summed E-state index contributed by atoms with van der Waals surface area (Å²) < 4.78 is 5.28. The number of hydrogen-bond acceptors (Lipinski definition) is 4. The quantitative estimate of drug-likeness (QED) is 0.453. The van der Waals surface area contributed by atoms with Crippen LogP contribution in [0.2, 0.25) is 0 Å². The summed E-state index contributed by atoms with van der Waals surface area (Å²) in [6.07, 6.45) is 1.61. The van der Waals surface area contributed by atoms with Gasteiger partial charge >= 0.3 is 5.97 Å². The Labute approximate surface area is 164 Å². The topological polar surface area (TPSA) is 51.2 Å². The molecule has 0 aliphatic rings. The highest BCUT2D eigenvalue weighted by Crippen LogP contribution is 2.34. The molecule has 0 bridgehead atoms. The van der Waals surface area contributed by atoms with E-state index in [1.165, 1.54) is 0 Å². The molecule has 0 unspecified atom stereocenters. The molecule has 1 heterocycles. The van der Waals surface area contributed by atoms with E-state index in [4.69, 9.17) is 4.74 Å². The SMILES string of the molecule is CCOC(=O)c1cnc2c(C)cc(C)cc2c1Nc1cccc2ccccc12. The van der Waals surface area contributed by atoms with Gasteiger partial charge in [-0.3, -0.25) is 4.98 Å². The van der Waals surface area contributed by atoms with E-state index in [2.05, 4.69) is 40.6 Å². The minimum atomic E-state index is -0.376. The summed E-state index contributed by atoms with van der Waals surface area (Å²) in [6, 6.07) is 18.4. The lowest BCUT2D eigenvalue weighted by Crippen LogP contribution is -2.09. The van der Waals surface area contributed by atoms with Crippen LogP contribution in [0.5, 0.6) is 0 Å². The number of aromatic nitrogens is 1. The van der Waals surface area contributed by atoms with Gasteiger partial charge in [-0.05, 0) is 43.9 Å². The van der Waals surface area contributed by atoms with Crippen molar-refractivity contribution in [3.05, 3.63) is 77.5 Å². The van der Waals surface area contributed by atoms with Crippen molar-refractivity contribution in [2.24, 2.45) is 0 Å². The first kappa shape index (κ1) is 18.0. The second kappa shape index (κ2) is 7.31. The molecule has 0 radical (unpaired) electrons. The molecule has 0 atom stereocenters. The van der Waals surface area contributed by atoms with E-state index < -0.39 is 0 Å². The van der Waals surface area contributed by atoms with Crippen LogP contribution in [0.1, 0.15) is 28.4 Å². The summed E-state index contributed by atoms with van der Waals surface area (Å²) >= 11 is 0. The van der Waals surface area contributed by atoms with E-state index in [0.717, 1.165) is 44.2 Å². The first-order valence-electron chi connectivity index (χ1n) is 9.40. The molecule has 4 rings (SSSR count). The third kappa shape index (κ3) is 3.18. The van der Waals surface area contributed by atoms with E-state index in [0.29, 0.717) is 12.2 Å². The van der Waals surface area contributed by atoms with E-state index in [1.54, 1.807) is 13.1 Å². The number of ether oxygens (including phenoxy) is 1. The van der Waals surface area contributed by atoms with Crippen molar-refractivity contribution in [3.8, 4) is 0 Å². The minimum Gasteiger partial charge on any atom is -0.462 e. The lowest BCUT2D eigenvalue weighted by molar-refractivity contribution is 0.0527. The molecule has 3 aromatic carbocycles. The predicted molar refractivity (Wildman–Crippen MR) is 114 cm³/mol. The van der Waals surface area contributed by atoms with Gasteiger partial charge in [0.05, 0.1) is 17.8 Å². The molecule has 4 aromatic rings. The van der Waals surface area contributed by atoms with Gasteiger partial charge in [-0.25, -0.2) is 4.79 Å². The van der Waals surface area contributed by atoms with Crippen LogP contribution in [0.4, 0.5) is 11.4 Å². The zero-order valence-electron chi connectivity index (χ0n) is 16.2. The summed E-state index contributed by atoms with van der Waals surface area (Å²) in [5.74, 6) is -0.376. The van der Waals surface area contributed by atoms with Crippen LogP contribution in [0.3, 0.4) is 0 Å². The fourth-order valence-electron chi connectivity index (χ4n) is 3.63. The number of esters is 1. The summed E-state index contributed by atoms with van der Waals surface area (Å²) in [5, 5.41) is 6.65. The molecule has 0 aliphatic heterocycles. The normalized spacial score (nSPS) is 11.0. The molecule has 140 valence electrons. The Morgan fingerprint density at radius 1 is 1.04 bits per heavy atom. The third-order valence-electron chi connectivity index (χ3n) is 4.85. The highest BCUT2D eigenvalue weighted by molar-refractivity contribution is 6.08. The van der Waals surface area contributed by atoms with Crippen molar-refractivity contribution in [2.75, 3.05) is 11.9 Å². The monoisotopic (exact) mass is 370 g/mol. The van der Waals surface area contributed by atoms with Crippen LogP contribution in [-0.4, -0.2) is 17.6 Å². The maximum Gasteiger partial charge on any atom is 0.341 e. The molecule has 1 aromatic heterocycles. The minimum absolute atomic E-state index is 0.317. The van der Waals surface area contributed by atoms with Gasteiger partial charge < -0.3 is 10.1 Å². The number of nitrogens with one attached hydrogen (secondary N) is 1. The Hall–Kier alpha value is -3.40. The Morgan fingerprint density at radius 3 is 2.64 bits per heavy atom. The zero-order chi connectivity index (χ0) is 19.7. The molecule has 28 heavy (non-hydrogen) atoms. The van der Waals surface area contributed by atoms with Crippen LogP contribution in [0, 0.1) is 13.8 Å². The summed E-state index contributed by atoms with van der Waals surface area (Å²) in [4.78, 5) is 17.2. The second-order valence-corrected chi connectivity index (χ2v) is 6.90. The molecule has 0 saturated carbocycles. The van der Waals surface area contributed by atoms with Crippen molar-refractivity contribution in [2.45, 2.75) is 20.8 Å². The number of pyridine rings is 1. The van der Waals surface area contributed by atoms with Crippen molar-refractivity contribution in [1.82, 2.24) is 4.98 Å². The van der Waals surface area contributed by atoms with E-state index in [1.807, 2.05) is 38.1 Å². The maximum atomic E-state index is 12.6. The molecule has 0 fully saturated rings. The molecule has 0 amide bonds. The zero-order valence-corrected chi connectivity index (χ0v) is 16.2. The van der Waals surface area contributed by atoms with Crippen molar-refractivity contribution in [1.29, 1.82) is 0 Å². The number of nitrogens with zero attached hydrogens (tertiary/aromatic N) is 1. The van der Waals surface area contributed by atoms with Gasteiger partial charge in [0.1, 0.15) is 5.56 Å². The average molecular weight is 370 g/mol. The Morgan fingerprint density at radius 2 is 1.82 bits per heavy atom. The first-order valence-corrected chi connectivity index (χ1v) is 9.40. The third-order valence-corrected chi connectivity index (χ3v) is 4.85. The van der Waals surface area contributed by atoms with Crippen LogP contribution in [0.15, 0.2) is 60.8 Å². The number of carbonyl (C=O) groups excluding carboxylic acids is 1. The fraction of sp³-hybridized carbons (Fsp3) is 0.167. The van der Waals surface area contributed by atoms with Crippen LogP contribution < -0.4 is 5.32 Å². The fourth-order valence-corrected chi connectivity index (χ4v) is 3.63. The smallest absolute Gasteiger partial charge is 0.341 e. The molecular formula is C24H22N2O2. The molecular weight excluding hydrogens is 348 g/mol. The molecule has 4 nitrogen and oxygen atoms in total. The number of carbonyl (C=O) groups is 1. The highest BCUT2D eigenvalue weighted by atomic mass is 16.5. The Bertz CT molecular complexity index is 1190. The van der Waals surface area contributed by atoms with Crippen molar-refractivity contribution in [3.63, 3.8) is 0 Å². The van der Waals surface area contributed by atoms with Gasteiger partial charge in [-0.2, -0.15) is 0 Å². The number of rotatable bonds is 4. The summed E-state index contributed by atoms with van der Waals surface area (Å²) in [5.41, 5.74) is 5.18. The average Bonchev–Trinajstić information content (AvgIpc) is 2.69. The van der Waals surface area contributed by atoms with Gasteiger partial charge in [-0.15, -0.1) is 0 Å². The standard InChI is InChI=1S/C24H22N2O2/c1-4-28-24(27)20-14-25-22-16(3)12-15(2)13-19(22)23(20)26-21-11-7-9-17-8-5-6-10-18(17)21/h5-14H,4H2,1-3H3,(H,25,26). The number of benzene rings is 3. The number of aryl methyl sites for hydroxylation is 2. The molecule has 1 N–H and O–H groups in total. The van der Waals surface area contributed by atoms with Crippen molar-refractivity contribution < 1.29 is 9.53 Å². The van der Waals surface area contributed by atoms with E-state index >= 15 is 0 Å². The number of anilines is 2. The van der Waals surface area contributed by atoms with Gasteiger partial charge in [-0.1, -0.05) is 48.0 Å². The first-order chi connectivity index (χ1) is 13.6. The lowest BCUT2D eigenvalue weighted by Gasteiger charge is -2.17. The van der Waals surface area contributed by atoms with E-state index in [-0.39, 0.29) is 5.97 Å². The van der Waals surface area contributed by atoms with E-state index in [9.17, 15) is 4.79 Å². The van der Waals surface area contributed by atoms with Crippen LogP contribution in [-0.2, 0) is 4.74 Å². The molecule has 0 aliphatic carbocycles. The van der Waals surface area contributed by atoms with Crippen LogP contribution in [0.25, 0.3) is 21.7 Å². The predicted octanol–water partition coefficient (Wildman–Crippen LogP) is 5.93. The van der Waals surface area contributed by atoms with Crippen LogP contribution >= 0.6 is 0 Å². The van der Waals surface area contributed by atoms with Crippen molar-refractivity contribution >= 4 is 39.0 Å². The number of hydrogen-bond donors (Lipinski definition) is 1. The lowest BCUT2D eigenvalue weighted by atomic mass is 10.0. The van der Waals surface area contributed by atoms with Gasteiger partial charge in [0.15, 0.2) is 0 Å². The van der Waals surface area contributed by atoms with Gasteiger partial charge in [0.25, 0.3) is 0 Å². The molecule has 4 heteroatoms.